The summed E-state index contributed by atoms with van der Waals surface area (Å²) in [5.41, 5.74) is 1.24. The molecule has 0 atom stereocenters. The Morgan fingerprint density at radius 3 is 1.95 bits per heavy atom. The van der Waals surface area contributed by atoms with Crippen molar-refractivity contribution in [3.05, 3.63) is 35.4 Å². The van der Waals surface area contributed by atoms with E-state index in [1.807, 2.05) is 9.80 Å². The fourth-order valence-corrected chi connectivity index (χ4v) is 2.94. The molecular weight excluding hydrogens is 266 g/mol. The van der Waals surface area contributed by atoms with Gasteiger partial charge in [0.25, 0.3) is 11.8 Å². The first-order chi connectivity index (χ1) is 10.3. The van der Waals surface area contributed by atoms with Crippen LogP contribution in [0.3, 0.4) is 0 Å². The summed E-state index contributed by atoms with van der Waals surface area (Å²) in [6.45, 7) is 4.77. The molecule has 1 aromatic carbocycles. The highest BCUT2D eigenvalue weighted by atomic mass is 16.2. The van der Waals surface area contributed by atoms with E-state index in [1.54, 1.807) is 24.3 Å². The van der Waals surface area contributed by atoms with E-state index >= 15 is 0 Å². The lowest BCUT2D eigenvalue weighted by Crippen LogP contribution is -2.46. The average Bonchev–Trinajstić information content (AvgIpc) is 3.09. The third-order valence-electron chi connectivity index (χ3n) is 4.15. The number of likely N-dealkylation sites (tertiary alicyclic amines) is 1. The maximum Gasteiger partial charge on any atom is 0.253 e. The first-order valence-corrected chi connectivity index (χ1v) is 7.65. The number of carbonyl (C=O) groups excluding carboxylic acids is 2. The molecule has 5 heteroatoms. The zero-order valence-corrected chi connectivity index (χ0v) is 12.2. The molecular formula is C16H21N3O2. The zero-order valence-electron chi connectivity index (χ0n) is 12.2. The summed E-state index contributed by atoms with van der Waals surface area (Å²) >= 11 is 0. The number of hydrogen-bond acceptors (Lipinski definition) is 3. The Balaban J connectivity index is 1.75. The number of hydrogen-bond donors (Lipinski definition) is 1. The van der Waals surface area contributed by atoms with E-state index in [-0.39, 0.29) is 11.8 Å². The number of piperazine rings is 1. The lowest BCUT2D eigenvalue weighted by molar-refractivity contribution is 0.0736. The smallest absolute Gasteiger partial charge is 0.253 e. The molecule has 0 bridgehead atoms. The van der Waals surface area contributed by atoms with Gasteiger partial charge in [-0.3, -0.25) is 9.59 Å². The van der Waals surface area contributed by atoms with Crippen molar-refractivity contribution in [3.63, 3.8) is 0 Å². The van der Waals surface area contributed by atoms with Gasteiger partial charge in [-0.05, 0) is 31.0 Å². The monoisotopic (exact) mass is 287 g/mol. The molecule has 2 aliphatic rings. The molecule has 1 N–H and O–H groups in total. The van der Waals surface area contributed by atoms with Crippen LogP contribution < -0.4 is 5.32 Å². The summed E-state index contributed by atoms with van der Waals surface area (Å²) in [7, 11) is 0. The molecule has 0 aliphatic carbocycles. The number of rotatable bonds is 2. The SMILES string of the molecule is O=C(c1cccc(C(=O)N2CCNCC2)c1)N1CCCC1. The molecule has 0 radical (unpaired) electrons. The van der Waals surface area contributed by atoms with E-state index in [2.05, 4.69) is 5.32 Å². The molecule has 112 valence electrons. The molecule has 2 amide bonds. The Hall–Kier alpha value is -1.88. The second kappa shape index (κ2) is 6.26. The van der Waals surface area contributed by atoms with Gasteiger partial charge in [-0.2, -0.15) is 0 Å². The summed E-state index contributed by atoms with van der Waals surface area (Å²) in [5.74, 6) is 0.0648. The first-order valence-electron chi connectivity index (χ1n) is 7.65. The van der Waals surface area contributed by atoms with Gasteiger partial charge in [0.1, 0.15) is 0 Å². The molecule has 2 saturated heterocycles. The Bertz CT molecular complexity index is 532. The van der Waals surface area contributed by atoms with Crippen LogP contribution in [-0.2, 0) is 0 Å². The minimum Gasteiger partial charge on any atom is -0.339 e. The maximum absolute atomic E-state index is 12.5. The molecule has 5 nitrogen and oxygen atoms in total. The molecule has 2 heterocycles. The highest BCUT2D eigenvalue weighted by molar-refractivity contribution is 5.99. The number of nitrogens with one attached hydrogen (secondary N) is 1. The van der Waals surface area contributed by atoms with Gasteiger partial charge in [0.2, 0.25) is 0 Å². The van der Waals surface area contributed by atoms with E-state index in [1.165, 1.54) is 0 Å². The highest BCUT2D eigenvalue weighted by Crippen LogP contribution is 2.15. The summed E-state index contributed by atoms with van der Waals surface area (Å²) in [4.78, 5) is 28.6. The van der Waals surface area contributed by atoms with Crippen molar-refractivity contribution in [3.8, 4) is 0 Å². The summed E-state index contributed by atoms with van der Waals surface area (Å²) in [5, 5.41) is 3.23. The fourth-order valence-electron chi connectivity index (χ4n) is 2.94. The van der Waals surface area contributed by atoms with Crippen LogP contribution in [0.5, 0.6) is 0 Å². The van der Waals surface area contributed by atoms with Crippen molar-refractivity contribution in [1.82, 2.24) is 15.1 Å². The van der Waals surface area contributed by atoms with Gasteiger partial charge in [-0.15, -0.1) is 0 Å². The summed E-state index contributed by atoms with van der Waals surface area (Å²) in [6.07, 6.45) is 2.15. The maximum atomic E-state index is 12.5. The number of benzene rings is 1. The van der Waals surface area contributed by atoms with Crippen LogP contribution in [0.15, 0.2) is 24.3 Å². The third kappa shape index (κ3) is 3.08. The Morgan fingerprint density at radius 1 is 0.857 bits per heavy atom. The molecule has 0 unspecified atom stereocenters. The van der Waals surface area contributed by atoms with Crippen LogP contribution in [0.1, 0.15) is 33.6 Å². The molecule has 0 spiro atoms. The lowest BCUT2D eigenvalue weighted by atomic mass is 10.1. The van der Waals surface area contributed by atoms with Crippen molar-refractivity contribution >= 4 is 11.8 Å². The van der Waals surface area contributed by atoms with Crippen LogP contribution in [-0.4, -0.2) is 60.9 Å². The van der Waals surface area contributed by atoms with Crippen molar-refractivity contribution in [2.24, 2.45) is 0 Å². The van der Waals surface area contributed by atoms with Crippen LogP contribution in [0.25, 0.3) is 0 Å². The van der Waals surface area contributed by atoms with Crippen LogP contribution in [0.2, 0.25) is 0 Å². The quantitative estimate of drug-likeness (QED) is 0.882. The summed E-state index contributed by atoms with van der Waals surface area (Å²) in [6, 6.07) is 7.14. The Kier molecular flexibility index (Phi) is 4.20. The molecule has 3 rings (SSSR count). The van der Waals surface area contributed by atoms with Crippen molar-refractivity contribution in [2.45, 2.75) is 12.8 Å². The number of amides is 2. The summed E-state index contributed by atoms with van der Waals surface area (Å²) < 4.78 is 0. The number of nitrogens with zero attached hydrogens (tertiary/aromatic N) is 2. The van der Waals surface area contributed by atoms with Crippen molar-refractivity contribution in [2.75, 3.05) is 39.3 Å². The predicted molar refractivity (Wildman–Crippen MR) is 80.4 cm³/mol. The highest BCUT2D eigenvalue weighted by Gasteiger charge is 2.22. The largest absolute Gasteiger partial charge is 0.339 e. The molecule has 2 aliphatic heterocycles. The lowest BCUT2D eigenvalue weighted by Gasteiger charge is -2.27. The van der Waals surface area contributed by atoms with E-state index in [0.29, 0.717) is 11.1 Å². The number of carbonyl (C=O) groups is 2. The molecule has 21 heavy (non-hydrogen) atoms. The normalized spacial score (nSPS) is 18.9. The minimum atomic E-state index is 0.0209. The predicted octanol–water partition coefficient (Wildman–Crippen LogP) is 0.968. The van der Waals surface area contributed by atoms with Crippen molar-refractivity contribution < 1.29 is 9.59 Å². The first kappa shape index (κ1) is 14.1. The van der Waals surface area contributed by atoms with Crippen molar-refractivity contribution in [1.29, 1.82) is 0 Å². The van der Waals surface area contributed by atoms with E-state index < -0.39 is 0 Å². The minimum absolute atomic E-state index is 0.0209. The van der Waals surface area contributed by atoms with E-state index in [9.17, 15) is 9.59 Å². The van der Waals surface area contributed by atoms with Crippen LogP contribution >= 0.6 is 0 Å². The van der Waals surface area contributed by atoms with Gasteiger partial charge in [0.05, 0.1) is 0 Å². The Labute approximate surface area is 124 Å². The second-order valence-electron chi connectivity index (χ2n) is 5.62. The molecule has 0 aromatic heterocycles. The van der Waals surface area contributed by atoms with Gasteiger partial charge >= 0.3 is 0 Å². The average molecular weight is 287 g/mol. The van der Waals surface area contributed by atoms with Gasteiger partial charge < -0.3 is 15.1 Å². The third-order valence-corrected chi connectivity index (χ3v) is 4.15. The van der Waals surface area contributed by atoms with Gasteiger partial charge in [0.15, 0.2) is 0 Å². The Morgan fingerprint density at radius 2 is 1.38 bits per heavy atom. The standard InChI is InChI=1S/C16H21N3O2/c20-15(18-8-1-2-9-18)13-4-3-5-14(12-13)16(21)19-10-6-17-7-11-19/h3-5,12,17H,1-2,6-11H2. The van der Waals surface area contributed by atoms with Gasteiger partial charge in [-0.1, -0.05) is 6.07 Å². The second-order valence-corrected chi connectivity index (χ2v) is 5.62. The van der Waals surface area contributed by atoms with E-state index in [0.717, 1.165) is 52.1 Å². The van der Waals surface area contributed by atoms with Crippen LogP contribution in [0, 0.1) is 0 Å². The molecule has 0 saturated carbocycles. The van der Waals surface area contributed by atoms with Crippen LogP contribution in [0.4, 0.5) is 0 Å². The van der Waals surface area contributed by atoms with E-state index in [4.69, 9.17) is 0 Å². The zero-order chi connectivity index (χ0) is 14.7. The molecule has 2 fully saturated rings. The fraction of sp³-hybridized carbons (Fsp3) is 0.500. The van der Waals surface area contributed by atoms with Gasteiger partial charge in [-0.25, -0.2) is 0 Å². The topological polar surface area (TPSA) is 52.7 Å². The molecule has 1 aromatic rings. The van der Waals surface area contributed by atoms with Gasteiger partial charge in [0, 0.05) is 50.4 Å².